The number of nitrogens with one attached hydrogen (secondary N) is 1. The van der Waals surface area contributed by atoms with Crippen LogP contribution in [-0.2, 0) is 9.53 Å². The second-order valence-electron chi connectivity index (χ2n) is 6.43. The van der Waals surface area contributed by atoms with Crippen LogP contribution in [0, 0.1) is 13.8 Å². The molecule has 5 heteroatoms. The van der Waals surface area contributed by atoms with E-state index in [1.54, 1.807) is 6.92 Å². The van der Waals surface area contributed by atoms with E-state index in [1.807, 2.05) is 73.8 Å². The lowest BCUT2D eigenvalue weighted by atomic mass is 10.1. The Morgan fingerprint density at radius 1 is 0.926 bits per heavy atom. The number of hydrogen-bond donors (Lipinski definition) is 1. The van der Waals surface area contributed by atoms with Crippen LogP contribution in [-0.4, -0.2) is 18.0 Å². The average molecular weight is 379 g/mol. The fourth-order valence-electron chi connectivity index (χ4n) is 2.58. The highest BCUT2D eigenvalue weighted by molar-refractivity contribution is 7.12. The van der Waals surface area contributed by atoms with Crippen molar-refractivity contribution in [3.8, 4) is 11.1 Å². The molecule has 0 aliphatic carbocycles. The second-order valence-corrected chi connectivity index (χ2v) is 7.35. The first-order valence-corrected chi connectivity index (χ1v) is 9.55. The SMILES string of the molecule is Cc1ccc(NC(=O)[C@@H](C)OC(=O)c2sccc2-c2ccc(C)cc2)cc1. The van der Waals surface area contributed by atoms with Crippen LogP contribution < -0.4 is 5.32 Å². The van der Waals surface area contributed by atoms with E-state index in [0.29, 0.717) is 10.6 Å². The topological polar surface area (TPSA) is 55.4 Å². The van der Waals surface area contributed by atoms with Gasteiger partial charge < -0.3 is 10.1 Å². The molecule has 0 aliphatic heterocycles. The fraction of sp³-hybridized carbons (Fsp3) is 0.182. The number of aryl methyl sites for hydroxylation is 2. The summed E-state index contributed by atoms with van der Waals surface area (Å²) in [5.74, 6) is -0.854. The van der Waals surface area contributed by atoms with E-state index in [-0.39, 0.29) is 5.91 Å². The molecule has 27 heavy (non-hydrogen) atoms. The summed E-state index contributed by atoms with van der Waals surface area (Å²) in [4.78, 5) is 25.4. The highest BCUT2D eigenvalue weighted by Gasteiger charge is 2.22. The smallest absolute Gasteiger partial charge is 0.349 e. The molecule has 1 N–H and O–H groups in total. The number of rotatable bonds is 5. The third kappa shape index (κ3) is 4.63. The molecule has 4 nitrogen and oxygen atoms in total. The van der Waals surface area contributed by atoms with Crippen LogP contribution in [0.5, 0.6) is 0 Å². The molecule has 0 saturated carbocycles. The Balaban J connectivity index is 1.68. The van der Waals surface area contributed by atoms with Crippen molar-refractivity contribution in [2.45, 2.75) is 26.9 Å². The van der Waals surface area contributed by atoms with Crippen molar-refractivity contribution in [1.82, 2.24) is 0 Å². The van der Waals surface area contributed by atoms with Gasteiger partial charge in [0.15, 0.2) is 6.10 Å². The quantitative estimate of drug-likeness (QED) is 0.619. The largest absolute Gasteiger partial charge is 0.448 e. The standard InChI is InChI=1S/C22H21NO3S/c1-14-4-8-17(9-5-14)19-12-13-27-20(19)22(25)26-16(3)21(24)23-18-10-6-15(2)7-11-18/h4-13,16H,1-3H3,(H,23,24)/t16-/m1/s1. The molecular formula is C22H21NO3S. The zero-order chi connectivity index (χ0) is 19.4. The number of carbonyl (C=O) groups is 2. The molecular weight excluding hydrogens is 358 g/mol. The first kappa shape index (κ1) is 18.9. The van der Waals surface area contributed by atoms with Crippen molar-refractivity contribution in [1.29, 1.82) is 0 Å². The Labute approximate surface area is 162 Å². The molecule has 0 unspecified atom stereocenters. The predicted molar refractivity (Wildman–Crippen MR) is 109 cm³/mol. The number of hydrogen-bond acceptors (Lipinski definition) is 4. The normalized spacial score (nSPS) is 11.7. The van der Waals surface area contributed by atoms with Crippen molar-refractivity contribution in [3.63, 3.8) is 0 Å². The number of carbonyl (C=O) groups excluding carboxylic acids is 2. The summed E-state index contributed by atoms with van der Waals surface area (Å²) in [6.07, 6.45) is -0.897. The predicted octanol–water partition coefficient (Wildman–Crippen LogP) is 5.22. The summed E-state index contributed by atoms with van der Waals surface area (Å²) < 4.78 is 5.40. The van der Waals surface area contributed by atoms with Crippen molar-refractivity contribution in [2.24, 2.45) is 0 Å². The monoisotopic (exact) mass is 379 g/mol. The van der Waals surface area contributed by atoms with E-state index in [2.05, 4.69) is 5.32 Å². The molecule has 3 rings (SSSR count). The maximum absolute atomic E-state index is 12.6. The van der Waals surface area contributed by atoms with Gasteiger partial charge in [0.2, 0.25) is 0 Å². The van der Waals surface area contributed by atoms with Crippen LogP contribution in [0.15, 0.2) is 60.0 Å². The number of esters is 1. The number of amides is 1. The third-order valence-corrected chi connectivity index (χ3v) is 5.08. The fourth-order valence-corrected chi connectivity index (χ4v) is 3.37. The van der Waals surface area contributed by atoms with E-state index in [1.165, 1.54) is 11.3 Å². The zero-order valence-electron chi connectivity index (χ0n) is 15.5. The van der Waals surface area contributed by atoms with Crippen molar-refractivity contribution in [3.05, 3.63) is 76.0 Å². The Hall–Kier alpha value is -2.92. The second kappa shape index (κ2) is 8.18. The molecule has 0 radical (unpaired) electrons. The molecule has 138 valence electrons. The molecule has 0 saturated heterocycles. The summed E-state index contributed by atoms with van der Waals surface area (Å²) in [5, 5.41) is 4.61. The molecule has 3 aromatic rings. The van der Waals surface area contributed by atoms with Gasteiger partial charge in [-0.2, -0.15) is 0 Å². The average Bonchev–Trinajstić information content (AvgIpc) is 3.14. The van der Waals surface area contributed by atoms with Crippen molar-refractivity contribution >= 4 is 28.9 Å². The molecule has 0 aliphatic rings. The third-order valence-electron chi connectivity index (χ3n) is 4.19. The summed E-state index contributed by atoms with van der Waals surface area (Å²) in [6.45, 7) is 5.56. The summed E-state index contributed by atoms with van der Waals surface area (Å²) >= 11 is 1.31. The Kier molecular flexibility index (Phi) is 5.72. The minimum Gasteiger partial charge on any atom is -0.448 e. The van der Waals surface area contributed by atoms with Crippen LogP contribution in [0.25, 0.3) is 11.1 Å². The number of ether oxygens (including phenoxy) is 1. The number of thiophene rings is 1. The van der Waals surface area contributed by atoms with Gasteiger partial charge in [0.05, 0.1) is 0 Å². The van der Waals surface area contributed by atoms with Crippen LogP contribution >= 0.6 is 11.3 Å². The highest BCUT2D eigenvalue weighted by atomic mass is 32.1. The highest BCUT2D eigenvalue weighted by Crippen LogP contribution is 2.29. The molecule has 1 atom stereocenters. The van der Waals surface area contributed by atoms with E-state index in [9.17, 15) is 9.59 Å². The Morgan fingerprint density at radius 3 is 2.15 bits per heavy atom. The molecule has 1 amide bonds. The van der Waals surface area contributed by atoms with Crippen LogP contribution in [0.1, 0.15) is 27.7 Å². The van der Waals surface area contributed by atoms with Gasteiger partial charge in [0, 0.05) is 11.3 Å². The van der Waals surface area contributed by atoms with Gasteiger partial charge >= 0.3 is 5.97 Å². The Bertz CT molecular complexity index is 942. The van der Waals surface area contributed by atoms with Crippen LogP contribution in [0.3, 0.4) is 0 Å². The molecule has 0 fully saturated rings. The van der Waals surface area contributed by atoms with Crippen LogP contribution in [0.2, 0.25) is 0 Å². The van der Waals surface area contributed by atoms with Gasteiger partial charge in [0.1, 0.15) is 4.88 Å². The minimum atomic E-state index is -0.897. The van der Waals surface area contributed by atoms with E-state index < -0.39 is 12.1 Å². The van der Waals surface area contributed by atoms with Gasteiger partial charge in [-0.05, 0) is 49.9 Å². The van der Waals surface area contributed by atoms with Gasteiger partial charge in [-0.3, -0.25) is 4.79 Å². The molecule has 0 spiro atoms. The summed E-state index contributed by atoms with van der Waals surface area (Å²) in [7, 11) is 0. The summed E-state index contributed by atoms with van der Waals surface area (Å²) in [5.41, 5.74) is 4.69. The maximum Gasteiger partial charge on any atom is 0.349 e. The lowest BCUT2D eigenvalue weighted by Crippen LogP contribution is -2.29. The van der Waals surface area contributed by atoms with E-state index in [4.69, 9.17) is 4.74 Å². The first-order valence-electron chi connectivity index (χ1n) is 8.67. The maximum atomic E-state index is 12.6. The van der Waals surface area contributed by atoms with Gasteiger partial charge in [-0.25, -0.2) is 4.79 Å². The minimum absolute atomic E-state index is 0.361. The molecule has 0 bridgehead atoms. The molecule has 2 aromatic carbocycles. The molecule has 1 aromatic heterocycles. The van der Waals surface area contributed by atoms with E-state index in [0.717, 1.165) is 22.3 Å². The lowest BCUT2D eigenvalue weighted by molar-refractivity contribution is -0.123. The molecule has 1 heterocycles. The van der Waals surface area contributed by atoms with Crippen LogP contribution in [0.4, 0.5) is 5.69 Å². The Morgan fingerprint density at radius 2 is 1.52 bits per heavy atom. The van der Waals surface area contributed by atoms with Crippen molar-refractivity contribution < 1.29 is 14.3 Å². The first-order chi connectivity index (χ1) is 12.9. The number of benzene rings is 2. The summed E-state index contributed by atoms with van der Waals surface area (Å²) in [6, 6.07) is 17.3. The zero-order valence-corrected chi connectivity index (χ0v) is 16.3. The number of anilines is 1. The van der Waals surface area contributed by atoms with Gasteiger partial charge in [0.25, 0.3) is 5.91 Å². The lowest BCUT2D eigenvalue weighted by Gasteiger charge is -2.14. The van der Waals surface area contributed by atoms with Gasteiger partial charge in [-0.1, -0.05) is 47.5 Å². The van der Waals surface area contributed by atoms with E-state index >= 15 is 0 Å². The van der Waals surface area contributed by atoms with Crippen molar-refractivity contribution in [2.75, 3.05) is 5.32 Å². The van der Waals surface area contributed by atoms with Gasteiger partial charge in [-0.15, -0.1) is 11.3 Å².